The van der Waals surface area contributed by atoms with Crippen molar-refractivity contribution in [3.05, 3.63) is 29.9 Å². The van der Waals surface area contributed by atoms with Crippen LogP contribution in [0.5, 0.6) is 0 Å². The lowest BCUT2D eigenvalue weighted by molar-refractivity contribution is -0.148. The second-order valence-electron chi connectivity index (χ2n) is 7.67. The van der Waals surface area contributed by atoms with E-state index in [9.17, 15) is 18.0 Å². The van der Waals surface area contributed by atoms with Gasteiger partial charge in [-0.05, 0) is 39.9 Å². The van der Waals surface area contributed by atoms with E-state index >= 15 is 0 Å². The minimum absolute atomic E-state index is 0.0263. The van der Waals surface area contributed by atoms with Gasteiger partial charge in [-0.2, -0.15) is 13.2 Å². The monoisotopic (exact) mass is 399 g/mol. The largest absolute Gasteiger partial charge is 0.449 e. The Morgan fingerprint density at radius 1 is 1.32 bits per heavy atom. The Bertz CT molecular complexity index is 722. The molecule has 9 heteroatoms. The van der Waals surface area contributed by atoms with Gasteiger partial charge in [-0.25, -0.2) is 4.98 Å². The maximum atomic E-state index is 13.6. The van der Waals surface area contributed by atoms with Crippen LogP contribution >= 0.6 is 0 Å². The lowest BCUT2D eigenvalue weighted by atomic mass is 9.92. The minimum Gasteiger partial charge on any atom is -0.351 e. The molecule has 3 heterocycles. The van der Waals surface area contributed by atoms with Crippen molar-refractivity contribution in [1.29, 1.82) is 0 Å². The van der Waals surface area contributed by atoms with E-state index in [4.69, 9.17) is 0 Å². The topological polar surface area (TPSA) is 53.4 Å². The molecule has 1 aromatic rings. The molecular weight excluding hydrogens is 371 g/mol. The molecule has 0 aliphatic carbocycles. The quantitative estimate of drug-likeness (QED) is 0.772. The maximum absolute atomic E-state index is 13.6. The van der Waals surface area contributed by atoms with Crippen molar-refractivity contribution in [1.82, 2.24) is 24.7 Å². The number of imidazole rings is 1. The van der Waals surface area contributed by atoms with Gasteiger partial charge in [0.2, 0.25) is 11.7 Å². The predicted molar refractivity (Wildman–Crippen MR) is 99.8 cm³/mol. The van der Waals surface area contributed by atoms with Crippen molar-refractivity contribution in [2.75, 3.05) is 33.2 Å². The number of amides is 1. The van der Waals surface area contributed by atoms with Crippen LogP contribution in [0.2, 0.25) is 0 Å². The summed E-state index contributed by atoms with van der Waals surface area (Å²) in [6.07, 6.45) is -1.28. The molecule has 6 nitrogen and oxygen atoms in total. The highest BCUT2D eigenvalue weighted by molar-refractivity contribution is 5.81. The molecule has 1 fully saturated rings. The maximum Gasteiger partial charge on any atom is 0.449 e. The Balaban J connectivity index is 1.87. The van der Waals surface area contributed by atoms with Crippen LogP contribution in [-0.2, 0) is 24.1 Å². The lowest BCUT2D eigenvalue weighted by Crippen LogP contribution is -2.48. The molecule has 1 N–H and O–H groups in total. The summed E-state index contributed by atoms with van der Waals surface area (Å²) in [7, 11) is 2.02. The molecule has 0 bridgehead atoms. The van der Waals surface area contributed by atoms with Gasteiger partial charge < -0.3 is 14.8 Å². The number of carbonyl (C=O) groups is 1. The van der Waals surface area contributed by atoms with Crippen LogP contribution in [0, 0.1) is 0 Å². The van der Waals surface area contributed by atoms with Gasteiger partial charge >= 0.3 is 6.18 Å². The molecule has 0 aromatic carbocycles. The fourth-order valence-corrected chi connectivity index (χ4v) is 4.05. The Morgan fingerprint density at radius 3 is 2.61 bits per heavy atom. The zero-order valence-corrected chi connectivity index (χ0v) is 16.4. The van der Waals surface area contributed by atoms with Gasteiger partial charge in [-0.1, -0.05) is 6.08 Å². The van der Waals surface area contributed by atoms with Crippen molar-refractivity contribution in [2.24, 2.45) is 0 Å². The number of halogens is 3. The molecule has 2 aliphatic heterocycles. The van der Waals surface area contributed by atoms with Crippen molar-refractivity contribution in [3.8, 4) is 0 Å². The number of aromatic nitrogens is 2. The summed E-state index contributed by atoms with van der Waals surface area (Å²) in [5, 5.41) is 2.76. The van der Waals surface area contributed by atoms with Crippen LogP contribution in [0.3, 0.4) is 0 Å². The number of rotatable bonds is 5. The number of piperidine rings is 1. The highest BCUT2D eigenvalue weighted by atomic mass is 19.4. The van der Waals surface area contributed by atoms with E-state index < -0.39 is 18.0 Å². The number of alkyl halides is 3. The molecule has 1 atom stereocenters. The molecule has 156 valence electrons. The fourth-order valence-electron chi connectivity index (χ4n) is 4.05. The number of carbonyl (C=O) groups excluding carboxylic acids is 1. The number of hydrogen-bond donors (Lipinski definition) is 1. The minimum atomic E-state index is -4.48. The van der Waals surface area contributed by atoms with Crippen LogP contribution < -0.4 is 5.32 Å². The van der Waals surface area contributed by atoms with E-state index in [1.165, 1.54) is 4.57 Å². The first-order valence-electron chi connectivity index (χ1n) is 9.70. The van der Waals surface area contributed by atoms with Crippen molar-refractivity contribution < 1.29 is 18.0 Å². The zero-order valence-electron chi connectivity index (χ0n) is 16.4. The predicted octanol–water partition coefficient (Wildman–Crippen LogP) is 2.22. The van der Waals surface area contributed by atoms with Gasteiger partial charge in [0.1, 0.15) is 0 Å². The molecule has 1 saturated heterocycles. The standard InChI is InChI=1S/C19H28F3N5O/c1-4-7-23-17(28)13(2)26-10-11-27-15(12-26)16(24-18(27)19(20,21)22)14-5-8-25(3)9-6-14/h4,13-14H,1,5-12H2,2-3H3,(H,23,28). The van der Waals surface area contributed by atoms with Crippen LogP contribution in [0.25, 0.3) is 0 Å². The van der Waals surface area contributed by atoms with E-state index in [0.717, 1.165) is 25.9 Å². The summed E-state index contributed by atoms with van der Waals surface area (Å²) in [4.78, 5) is 20.5. The molecule has 28 heavy (non-hydrogen) atoms. The summed E-state index contributed by atoms with van der Waals surface area (Å²) < 4.78 is 42.0. The van der Waals surface area contributed by atoms with Gasteiger partial charge in [0.05, 0.1) is 17.4 Å². The van der Waals surface area contributed by atoms with Crippen molar-refractivity contribution in [2.45, 2.75) is 51.0 Å². The molecular formula is C19H28F3N5O. The Labute approximate surface area is 163 Å². The number of hydrogen-bond acceptors (Lipinski definition) is 4. The van der Waals surface area contributed by atoms with Gasteiger partial charge in [0.15, 0.2) is 0 Å². The average Bonchev–Trinajstić information content (AvgIpc) is 3.05. The molecule has 0 saturated carbocycles. The SMILES string of the molecule is C=CCNC(=O)C(C)N1CCn2c(C(F)(F)F)nc(C3CCN(C)CC3)c2C1. The smallest absolute Gasteiger partial charge is 0.351 e. The number of fused-ring (bicyclic) bond motifs is 1. The third-order valence-electron chi connectivity index (χ3n) is 5.77. The highest BCUT2D eigenvalue weighted by Gasteiger charge is 2.42. The Kier molecular flexibility index (Phi) is 6.14. The van der Waals surface area contributed by atoms with E-state index in [1.54, 1.807) is 13.0 Å². The van der Waals surface area contributed by atoms with Gasteiger partial charge in [0, 0.05) is 32.1 Å². The third-order valence-corrected chi connectivity index (χ3v) is 5.77. The second kappa shape index (κ2) is 8.24. The van der Waals surface area contributed by atoms with E-state index in [2.05, 4.69) is 21.8 Å². The average molecular weight is 399 g/mol. The first kappa shape index (κ1) is 20.9. The van der Waals surface area contributed by atoms with E-state index in [-0.39, 0.29) is 18.4 Å². The molecule has 1 amide bonds. The van der Waals surface area contributed by atoms with Gasteiger partial charge in [-0.3, -0.25) is 9.69 Å². The third kappa shape index (κ3) is 4.25. The summed E-state index contributed by atoms with van der Waals surface area (Å²) in [6.45, 7) is 8.29. The van der Waals surface area contributed by atoms with Crippen LogP contribution in [0.1, 0.15) is 42.9 Å². The first-order chi connectivity index (χ1) is 13.2. The van der Waals surface area contributed by atoms with Crippen molar-refractivity contribution in [3.63, 3.8) is 0 Å². The van der Waals surface area contributed by atoms with Gasteiger partial charge in [-0.15, -0.1) is 6.58 Å². The number of nitrogens with zero attached hydrogens (tertiary/aromatic N) is 4. The molecule has 2 aliphatic rings. The number of nitrogens with one attached hydrogen (secondary N) is 1. The van der Waals surface area contributed by atoms with Crippen LogP contribution in [-0.4, -0.2) is 64.5 Å². The van der Waals surface area contributed by atoms with Crippen LogP contribution in [0.4, 0.5) is 13.2 Å². The summed E-state index contributed by atoms with van der Waals surface area (Å²) in [6, 6.07) is -0.428. The molecule has 0 spiro atoms. The molecule has 1 unspecified atom stereocenters. The fraction of sp³-hybridized carbons (Fsp3) is 0.684. The molecule has 1 aromatic heterocycles. The first-order valence-corrected chi connectivity index (χ1v) is 9.70. The van der Waals surface area contributed by atoms with Crippen molar-refractivity contribution >= 4 is 5.91 Å². The normalized spacial score (nSPS) is 20.6. The summed E-state index contributed by atoms with van der Waals surface area (Å²) in [5.41, 5.74) is 1.17. The lowest BCUT2D eigenvalue weighted by Gasteiger charge is -2.34. The van der Waals surface area contributed by atoms with E-state index in [0.29, 0.717) is 31.0 Å². The highest BCUT2D eigenvalue weighted by Crippen LogP contribution is 2.37. The Morgan fingerprint density at radius 2 is 2.00 bits per heavy atom. The summed E-state index contributed by atoms with van der Waals surface area (Å²) >= 11 is 0. The summed E-state index contributed by atoms with van der Waals surface area (Å²) in [5.74, 6) is -0.928. The second-order valence-corrected chi connectivity index (χ2v) is 7.67. The number of likely N-dealkylation sites (tertiary alicyclic amines) is 1. The van der Waals surface area contributed by atoms with Gasteiger partial charge in [0.25, 0.3) is 0 Å². The Hall–Kier alpha value is -1.87. The molecule has 3 rings (SSSR count). The van der Waals surface area contributed by atoms with E-state index in [1.807, 2.05) is 11.9 Å². The van der Waals surface area contributed by atoms with Crippen LogP contribution in [0.15, 0.2) is 12.7 Å². The zero-order chi connectivity index (χ0) is 20.5. The molecule has 0 radical (unpaired) electrons.